The SMILES string of the molecule is COc1ccc(C2c3[nH]c4ccc(SC)cc4c3CCN2C(=O)Oc2ccc(F)cc2)cc1.[HH]. The number of hydrogen-bond donors (Lipinski definition) is 1. The molecule has 0 saturated heterocycles. The highest BCUT2D eigenvalue weighted by atomic mass is 32.2. The van der Waals surface area contributed by atoms with Gasteiger partial charge >= 0.3 is 6.09 Å². The first kappa shape index (κ1) is 21.4. The van der Waals surface area contributed by atoms with Crippen molar-refractivity contribution in [2.75, 3.05) is 19.9 Å². The zero-order valence-electron chi connectivity index (χ0n) is 18.3. The molecule has 1 unspecified atom stereocenters. The van der Waals surface area contributed by atoms with E-state index in [1.165, 1.54) is 40.1 Å². The van der Waals surface area contributed by atoms with Crippen molar-refractivity contribution in [3.63, 3.8) is 0 Å². The minimum atomic E-state index is -0.475. The van der Waals surface area contributed by atoms with E-state index in [1.54, 1.807) is 23.8 Å². The van der Waals surface area contributed by atoms with Crippen molar-refractivity contribution in [1.82, 2.24) is 9.88 Å². The van der Waals surface area contributed by atoms with E-state index in [1.807, 2.05) is 24.3 Å². The second-order valence-corrected chi connectivity index (χ2v) is 8.75. The maximum Gasteiger partial charge on any atom is 0.416 e. The van der Waals surface area contributed by atoms with Crippen LogP contribution in [0.3, 0.4) is 0 Å². The number of hydrogen-bond acceptors (Lipinski definition) is 4. The molecular formula is C26H25FN2O3S. The van der Waals surface area contributed by atoms with Crippen molar-refractivity contribution >= 4 is 28.8 Å². The molecule has 1 aromatic heterocycles. The Balaban J connectivity index is 0.00000274. The summed E-state index contributed by atoms with van der Waals surface area (Å²) in [5.74, 6) is 0.676. The first-order valence-electron chi connectivity index (χ1n) is 10.6. The molecule has 0 fully saturated rings. The molecule has 7 heteroatoms. The van der Waals surface area contributed by atoms with Crippen LogP contribution in [0.4, 0.5) is 9.18 Å². The van der Waals surface area contributed by atoms with Crippen LogP contribution < -0.4 is 9.47 Å². The Morgan fingerprint density at radius 3 is 2.52 bits per heavy atom. The maximum absolute atomic E-state index is 13.3. The van der Waals surface area contributed by atoms with Gasteiger partial charge in [-0.25, -0.2) is 9.18 Å². The molecule has 3 aromatic carbocycles. The number of carbonyl (C=O) groups is 1. The molecule has 5 rings (SSSR count). The highest BCUT2D eigenvalue weighted by Gasteiger charge is 2.35. The minimum Gasteiger partial charge on any atom is -0.497 e. The molecule has 1 aliphatic rings. The Bertz CT molecular complexity index is 1310. The summed E-state index contributed by atoms with van der Waals surface area (Å²) >= 11 is 1.71. The standard InChI is InChI=1S/C26H23FN2O3S.H2/c1-31-18-7-3-16(4-8-18)25-24-21(22-15-20(33-2)11-12-23(22)28-24)13-14-29(25)26(30)32-19-9-5-17(27)6-10-19;/h3-12,15,25,28H,13-14H2,1-2H3;1H. The number of thioether (sulfide) groups is 1. The molecule has 4 aromatic rings. The van der Waals surface area contributed by atoms with E-state index in [4.69, 9.17) is 9.47 Å². The average Bonchev–Trinajstić information content (AvgIpc) is 3.22. The van der Waals surface area contributed by atoms with Crippen molar-refractivity contribution in [3.05, 3.63) is 89.4 Å². The van der Waals surface area contributed by atoms with Crippen LogP contribution in [0.2, 0.25) is 0 Å². The van der Waals surface area contributed by atoms with Gasteiger partial charge in [-0.05, 0) is 78.4 Å². The number of fused-ring (bicyclic) bond motifs is 3. The average molecular weight is 465 g/mol. The Kier molecular flexibility index (Phi) is 5.72. The molecule has 0 bridgehead atoms. The van der Waals surface area contributed by atoms with Crippen molar-refractivity contribution < 1.29 is 20.1 Å². The Labute approximate surface area is 197 Å². The fourth-order valence-corrected chi connectivity index (χ4v) is 4.83. The van der Waals surface area contributed by atoms with Gasteiger partial charge in [0.05, 0.1) is 7.11 Å². The van der Waals surface area contributed by atoms with Gasteiger partial charge in [-0.3, -0.25) is 4.90 Å². The zero-order valence-corrected chi connectivity index (χ0v) is 19.1. The molecule has 0 aliphatic carbocycles. The number of halogens is 1. The Morgan fingerprint density at radius 1 is 1.09 bits per heavy atom. The summed E-state index contributed by atoms with van der Waals surface area (Å²) in [6.07, 6.45) is 2.29. The van der Waals surface area contributed by atoms with Gasteiger partial charge in [0, 0.05) is 29.5 Å². The molecule has 5 nitrogen and oxygen atoms in total. The predicted octanol–water partition coefficient (Wildman–Crippen LogP) is 6.43. The summed E-state index contributed by atoms with van der Waals surface area (Å²) in [7, 11) is 1.63. The highest BCUT2D eigenvalue weighted by Crippen LogP contribution is 2.40. The topological polar surface area (TPSA) is 54.6 Å². The van der Waals surface area contributed by atoms with Gasteiger partial charge < -0.3 is 14.5 Å². The Hall–Kier alpha value is -3.45. The number of amides is 1. The van der Waals surface area contributed by atoms with Crippen molar-refractivity contribution in [1.29, 1.82) is 0 Å². The lowest BCUT2D eigenvalue weighted by Crippen LogP contribution is -2.42. The molecule has 0 spiro atoms. The van der Waals surface area contributed by atoms with Crippen LogP contribution in [0.25, 0.3) is 10.9 Å². The summed E-state index contributed by atoms with van der Waals surface area (Å²) in [5.41, 5.74) is 4.19. The van der Waals surface area contributed by atoms with Gasteiger partial charge in [-0.2, -0.15) is 0 Å². The molecule has 0 saturated carbocycles. The number of nitrogens with one attached hydrogen (secondary N) is 1. The monoisotopic (exact) mass is 464 g/mol. The van der Waals surface area contributed by atoms with Gasteiger partial charge in [0.15, 0.2) is 0 Å². The van der Waals surface area contributed by atoms with Crippen LogP contribution in [0.5, 0.6) is 11.5 Å². The second kappa shape index (κ2) is 8.83. The number of aromatic nitrogens is 1. The van der Waals surface area contributed by atoms with Crippen LogP contribution in [0.15, 0.2) is 71.6 Å². The summed E-state index contributed by atoms with van der Waals surface area (Å²) in [5, 5.41) is 1.18. The minimum absolute atomic E-state index is 0. The van der Waals surface area contributed by atoms with Gasteiger partial charge in [0.1, 0.15) is 23.4 Å². The summed E-state index contributed by atoms with van der Waals surface area (Å²) in [6.45, 7) is 0.500. The quantitative estimate of drug-likeness (QED) is 0.354. The third kappa shape index (κ3) is 4.04. The van der Waals surface area contributed by atoms with E-state index in [0.717, 1.165) is 22.5 Å². The van der Waals surface area contributed by atoms with Crippen LogP contribution in [0, 0.1) is 5.82 Å². The van der Waals surface area contributed by atoms with Crippen molar-refractivity contribution in [2.45, 2.75) is 17.4 Å². The van der Waals surface area contributed by atoms with Gasteiger partial charge in [-0.15, -0.1) is 11.8 Å². The summed E-state index contributed by atoms with van der Waals surface area (Å²) in [4.78, 5) is 19.7. The number of carbonyl (C=O) groups excluding carboxylic acids is 1. The normalized spacial score (nSPS) is 15.4. The lowest BCUT2D eigenvalue weighted by atomic mass is 9.92. The van der Waals surface area contributed by atoms with E-state index >= 15 is 0 Å². The van der Waals surface area contributed by atoms with Gasteiger partial charge in [0.2, 0.25) is 0 Å². The summed E-state index contributed by atoms with van der Waals surface area (Å²) < 4.78 is 24.2. The van der Waals surface area contributed by atoms with E-state index in [0.29, 0.717) is 18.7 Å². The zero-order chi connectivity index (χ0) is 22.9. The number of benzene rings is 3. The van der Waals surface area contributed by atoms with E-state index in [9.17, 15) is 9.18 Å². The lowest BCUT2D eigenvalue weighted by Gasteiger charge is -2.35. The summed E-state index contributed by atoms with van der Waals surface area (Å²) in [6, 6.07) is 19.2. The first-order valence-corrected chi connectivity index (χ1v) is 11.9. The molecule has 0 radical (unpaired) electrons. The van der Waals surface area contributed by atoms with E-state index in [-0.39, 0.29) is 13.3 Å². The molecule has 33 heavy (non-hydrogen) atoms. The Morgan fingerprint density at radius 2 is 1.82 bits per heavy atom. The fourth-order valence-electron chi connectivity index (χ4n) is 4.39. The van der Waals surface area contributed by atoms with E-state index in [2.05, 4.69) is 29.4 Å². The van der Waals surface area contributed by atoms with Crippen LogP contribution >= 0.6 is 11.8 Å². The molecule has 170 valence electrons. The number of nitrogens with zero attached hydrogens (tertiary/aromatic N) is 1. The van der Waals surface area contributed by atoms with Gasteiger partial charge in [-0.1, -0.05) is 12.1 Å². The molecular weight excluding hydrogens is 439 g/mol. The maximum atomic E-state index is 13.3. The number of H-pyrrole nitrogens is 1. The fraction of sp³-hybridized carbons (Fsp3) is 0.192. The second-order valence-electron chi connectivity index (χ2n) is 7.87. The number of ether oxygens (including phenoxy) is 2. The lowest BCUT2D eigenvalue weighted by molar-refractivity contribution is 0.135. The number of methoxy groups -OCH3 is 1. The molecule has 1 N–H and O–H groups in total. The number of rotatable bonds is 4. The smallest absolute Gasteiger partial charge is 0.416 e. The number of aromatic amines is 1. The first-order chi connectivity index (χ1) is 16.1. The molecule has 1 aliphatic heterocycles. The third-order valence-corrected chi connectivity index (χ3v) is 6.74. The third-order valence-electron chi connectivity index (χ3n) is 6.02. The largest absolute Gasteiger partial charge is 0.497 e. The molecule has 2 heterocycles. The van der Waals surface area contributed by atoms with Crippen molar-refractivity contribution in [2.24, 2.45) is 0 Å². The molecule has 1 amide bonds. The van der Waals surface area contributed by atoms with E-state index < -0.39 is 6.09 Å². The van der Waals surface area contributed by atoms with Gasteiger partial charge in [0.25, 0.3) is 0 Å². The molecule has 1 atom stereocenters. The highest BCUT2D eigenvalue weighted by molar-refractivity contribution is 7.98. The van der Waals surface area contributed by atoms with Crippen LogP contribution in [0.1, 0.15) is 24.3 Å². The van der Waals surface area contributed by atoms with Crippen LogP contribution in [-0.2, 0) is 6.42 Å². The predicted molar refractivity (Wildman–Crippen MR) is 130 cm³/mol. The van der Waals surface area contributed by atoms with Crippen LogP contribution in [-0.4, -0.2) is 35.9 Å². The van der Waals surface area contributed by atoms with Crippen molar-refractivity contribution in [3.8, 4) is 11.5 Å².